The molecule has 1 aromatic carbocycles. The van der Waals surface area contributed by atoms with Crippen molar-refractivity contribution >= 4 is 12.2 Å². The Morgan fingerprint density at radius 1 is 0.800 bits per heavy atom. The van der Waals surface area contributed by atoms with Crippen molar-refractivity contribution in [2.75, 3.05) is 39.3 Å². The first-order valence-corrected chi connectivity index (χ1v) is 6.95. The second-order valence-corrected chi connectivity index (χ2v) is 4.11. The van der Waals surface area contributed by atoms with Gasteiger partial charge >= 0.3 is 0 Å². The first-order chi connectivity index (χ1) is 9.79. The molecule has 0 saturated heterocycles. The van der Waals surface area contributed by atoms with Gasteiger partial charge in [-0.2, -0.15) is 0 Å². The van der Waals surface area contributed by atoms with Crippen LogP contribution in [0.1, 0.15) is 11.1 Å². The molecule has 0 aliphatic heterocycles. The van der Waals surface area contributed by atoms with Gasteiger partial charge in [-0.05, 0) is 11.1 Å². The molecule has 0 unspecified atom stereocenters. The van der Waals surface area contributed by atoms with Crippen LogP contribution in [0.25, 0.3) is 12.2 Å². The third kappa shape index (κ3) is 9.47. The van der Waals surface area contributed by atoms with Gasteiger partial charge in [-0.3, -0.25) is 0 Å². The summed E-state index contributed by atoms with van der Waals surface area (Å²) in [4.78, 5) is 0. The molecule has 0 saturated carbocycles. The fourth-order valence-corrected chi connectivity index (χ4v) is 1.51. The average molecular weight is 276 g/mol. The van der Waals surface area contributed by atoms with Crippen molar-refractivity contribution in [3.8, 4) is 0 Å². The summed E-state index contributed by atoms with van der Waals surface area (Å²) in [6, 6.07) is 8.02. The normalized spacial score (nSPS) is 9.50. The van der Waals surface area contributed by atoms with Gasteiger partial charge in [0.05, 0.1) is 0 Å². The van der Waals surface area contributed by atoms with Crippen LogP contribution in [0.2, 0.25) is 0 Å². The lowest BCUT2D eigenvalue weighted by molar-refractivity contribution is 0.618. The summed E-state index contributed by atoms with van der Waals surface area (Å²) < 4.78 is 0. The summed E-state index contributed by atoms with van der Waals surface area (Å²) in [5.41, 5.74) is 12.8. The highest BCUT2D eigenvalue weighted by Gasteiger charge is 1.89. The van der Waals surface area contributed by atoms with E-state index in [2.05, 4.69) is 23.8 Å². The van der Waals surface area contributed by atoms with E-state index in [1.165, 1.54) is 0 Å². The molecule has 20 heavy (non-hydrogen) atoms. The minimum absolute atomic E-state index is 0.705. The lowest BCUT2D eigenvalue weighted by Crippen LogP contribution is -2.32. The monoisotopic (exact) mass is 276 g/mol. The Kier molecular flexibility index (Phi) is 12.9. The highest BCUT2D eigenvalue weighted by Crippen LogP contribution is 2.10. The van der Waals surface area contributed by atoms with Crippen molar-refractivity contribution in [2.45, 2.75) is 0 Å². The maximum atomic E-state index is 5.27. The molecule has 0 spiro atoms. The molecule has 0 aromatic heterocycles. The standard InChI is InChI=1S/C10H10.C6H18N4/c1-3-9-7-5-6-8-10(9)4-2;7-1-3-9-5-6-10-4-2-8/h3-8H,1-2H2;9-10H,1-8H2. The Hall–Kier alpha value is -1.46. The number of benzene rings is 1. The fraction of sp³-hybridized carbons (Fsp3) is 0.375. The average Bonchev–Trinajstić information content (AvgIpc) is 2.51. The molecule has 1 rings (SSSR count). The molecule has 0 aliphatic carbocycles. The quantitative estimate of drug-likeness (QED) is 0.509. The van der Waals surface area contributed by atoms with Crippen LogP contribution in [0.5, 0.6) is 0 Å². The maximum absolute atomic E-state index is 5.27. The molecule has 4 nitrogen and oxygen atoms in total. The van der Waals surface area contributed by atoms with Gasteiger partial charge in [0, 0.05) is 39.3 Å². The van der Waals surface area contributed by atoms with E-state index in [4.69, 9.17) is 11.5 Å². The van der Waals surface area contributed by atoms with E-state index in [9.17, 15) is 0 Å². The Morgan fingerprint density at radius 3 is 1.50 bits per heavy atom. The molecular formula is C16H28N4. The Bertz CT molecular complexity index is 328. The second-order valence-electron chi connectivity index (χ2n) is 4.11. The highest BCUT2D eigenvalue weighted by molar-refractivity contribution is 5.63. The van der Waals surface area contributed by atoms with Crippen molar-refractivity contribution < 1.29 is 0 Å². The van der Waals surface area contributed by atoms with Gasteiger partial charge in [-0.25, -0.2) is 0 Å². The van der Waals surface area contributed by atoms with Gasteiger partial charge in [-0.1, -0.05) is 49.6 Å². The van der Waals surface area contributed by atoms with Crippen LogP contribution >= 0.6 is 0 Å². The van der Waals surface area contributed by atoms with Gasteiger partial charge in [0.1, 0.15) is 0 Å². The summed E-state index contributed by atoms with van der Waals surface area (Å²) in [5.74, 6) is 0. The van der Waals surface area contributed by atoms with Crippen molar-refractivity contribution in [3.05, 3.63) is 48.6 Å². The number of rotatable bonds is 9. The van der Waals surface area contributed by atoms with Crippen LogP contribution in [-0.4, -0.2) is 39.3 Å². The molecule has 0 aliphatic rings. The van der Waals surface area contributed by atoms with Gasteiger partial charge < -0.3 is 22.1 Å². The molecule has 112 valence electrons. The Labute approximate surface area is 122 Å². The highest BCUT2D eigenvalue weighted by atomic mass is 14.9. The topological polar surface area (TPSA) is 76.1 Å². The van der Waals surface area contributed by atoms with Crippen LogP contribution in [0.3, 0.4) is 0 Å². The number of hydrogen-bond acceptors (Lipinski definition) is 4. The lowest BCUT2D eigenvalue weighted by Gasteiger charge is -2.03. The third-order valence-electron chi connectivity index (χ3n) is 2.56. The molecular weight excluding hydrogens is 248 g/mol. The van der Waals surface area contributed by atoms with Gasteiger partial charge in [0.2, 0.25) is 0 Å². The van der Waals surface area contributed by atoms with Gasteiger partial charge in [0.25, 0.3) is 0 Å². The lowest BCUT2D eigenvalue weighted by atomic mass is 10.1. The minimum Gasteiger partial charge on any atom is -0.329 e. The van der Waals surface area contributed by atoms with E-state index in [0.717, 1.165) is 37.3 Å². The minimum atomic E-state index is 0.705. The zero-order chi connectivity index (χ0) is 15.1. The molecule has 6 N–H and O–H groups in total. The van der Waals surface area contributed by atoms with E-state index in [0.29, 0.717) is 13.1 Å². The molecule has 0 heterocycles. The van der Waals surface area contributed by atoms with Crippen LogP contribution in [0, 0.1) is 0 Å². The second kappa shape index (κ2) is 14.0. The first kappa shape index (κ1) is 18.5. The molecule has 0 amide bonds. The van der Waals surface area contributed by atoms with E-state index in [-0.39, 0.29) is 0 Å². The van der Waals surface area contributed by atoms with E-state index < -0.39 is 0 Å². The number of hydrogen-bond donors (Lipinski definition) is 4. The molecule has 1 aromatic rings. The van der Waals surface area contributed by atoms with Crippen LogP contribution in [-0.2, 0) is 0 Å². The first-order valence-electron chi connectivity index (χ1n) is 6.95. The molecule has 4 heteroatoms. The summed E-state index contributed by atoms with van der Waals surface area (Å²) in [5, 5.41) is 6.33. The molecule has 0 atom stereocenters. The zero-order valence-corrected chi connectivity index (χ0v) is 12.3. The largest absolute Gasteiger partial charge is 0.329 e. The molecule has 0 radical (unpaired) electrons. The summed E-state index contributed by atoms with van der Waals surface area (Å²) >= 11 is 0. The van der Waals surface area contributed by atoms with Crippen molar-refractivity contribution in [1.29, 1.82) is 0 Å². The Balaban J connectivity index is 0.000000361. The van der Waals surface area contributed by atoms with Crippen LogP contribution in [0.4, 0.5) is 0 Å². The van der Waals surface area contributed by atoms with Gasteiger partial charge in [0.15, 0.2) is 0 Å². The van der Waals surface area contributed by atoms with Crippen molar-refractivity contribution in [3.63, 3.8) is 0 Å². The smallest absolute Gasteiger partial charge is 0.00772 e. The third-order valence-corrected chi connectivity index (χ3v) is 2.56. The van der Waals surface area contributed by atoms with E-state index in [1.807, 2.05) is 36.4 Å². The Morgan fingerprint density at radius 2 is 1.20 bits per heavy atom. The predicted octanol–water partition coefficient (Wildman–Crippen LogP) is 1.06. The van der Waals surface area contributed by atoms with Gasteiger partial charge in [-0.15, -0.1) is 0 Å². The van der Waals surface area contributed by atoms with Crippen LogP contribution < -0.4 is 22.1 Å². The zero-order valence-electron chi connectivity index (χ0n) is 12.3. The van der Waals surface area contributed by atoms with Crippen LogP contribution in [0.15, 0.2) is 37.4 Å². The van der Waals surface area contributed by atoms with E-state index in [1.54, 1.807) is 0 Å². The van der Waals surface area contributed by atoms with Crippen molar-refractivity contribution in [2.24, 2.45) is 11.5 Å². The molecule has 0 fully saturated rings. The van der Waals surface area contributed by atoms with E-state index >= 15 is 0 Å². The number of nitrogens with two attached hydrogens (primary N) is 2. The summed E-state index contributed by atoms with van der Waals surface area (Å²) in [6.45, 7) is 12.5. The van der Waals surface area contributed by atoms with Crippen molar-refractivity contribution in [1.82, 2.24) is 10.6 Å². The SMILES string of the molecule is C=Cc1ccccc1C=C.NCCNCCNCCN. The summed E-state index contributed by atoms with van der Waals surface area (Å²) in [7, 11) is 0. The fourth-order valence-electron chi connectivity index (χ4n) is 1.51. The maximum Gasteiger partial charge on any atom is 0.00772 e. The summed E-state index contributed by atoms with van der Waals surface area (Å²) in [6.07, 6.45) is 3.66. The predicted molar refractivity (Wildman–Crippen MR) is 90.5 cm³/mol. The molecule has 0 bridgehead atoms. The number of nitrogens with one attached hydrogen (secondary N) is 2.